The highest BCUT2D eigenvalue weighted by Gasteiger charge is 2.18. The molecule has 1 atom stereocenters. The summed E-state index contributed by atoms with van der Waals surface area (Å²) in [5, 5.41) is 3.21. The van der Waals surface area contributed by atoms with Crippen LogP contribution in [0.5, 0.6) is 0 Å². The summed E-state index contributed by atoms with van der Waals surface area (Å²) in [6.07, 6.45) is 2.55. The smallest absolute Gasteiger partial charge is 0.307 e. The Kier molecular flexibility index (Phi) is 11.2. The van der Waals surface area contributed by atoms with Gasteiger partial charge in [-0.25, -0.2) is 0 Å². The third kappa shape index (κ3) is 11.2. The first-order valence-electron chi connectivity index (χ1n) is 9.59. The summed E-state index contributed by atoms with van der Waals surface area (Å²) in [6.45, 7) is 11.3. The molecule has 1 N–H and O–H groups in total. The Balaban J connectivity index is 2.01. The first-order valence-corrected chi connectivity index (χ1v) is 9.59. The second kappa shape index (κ2) is 12.8. The number of esters is 1. The molecule has 1 rings (SSSR count). The Morgan fingerprint density at radius 3 is 2.58 bits per heavy atom. The Bertz CT molecular complexity index is 490. The number of hydrogen-bond donors (Lipinski definition) is 1. The lowest BCUT2D eigenvalue weighted by molar-refractivity contribution is -0.144. The summed E-state index contributed by atoms with van der Waals surface area (Å²) in [5.74, 6) is -0.190. The maximum atomic E-state index is 11.7. The van der Waals surface area contributed by atoms with Gasteiger partial charge in [0.15, 0.2) is 0 Å². The van der Waals surface area contributed by atoms with Gasteiger partial charge < -0.3 is 19.5 Å². The zero-order valence-corrected chi connectivity index (χ0v) is 16.8. The third-order valence-electron chi connectivity index (χ3n) is 4.20. The molecule has 1 unspecified atom stereocenters. The SMILES string of the molecule is CCC(C)OCCC(C)(C)OCCNCCC(=O)OCc1ccccc1. The van der Waals surface area contributed by atoms with Crippen molar-refractivity contribution in [2.45, 2.75) is 65.3 Å². The van der Waals surface area contributed by atoms with Crippen LogP contribution in [0.25, 0.3) is 0 Å². The molecule has 1 aromatic rings. The Labute approximate surface area is 158 Å². The fraction of sp³-hybridized carbons (Fsp3) is 0.667. The highest BCUT2D eigenvalue weighted by atomic mass is 16.5. The molecule has 0 saturated carbocycles. The van der Waals surface area contributed by atoms with Crippen LogP contribution in [-0.2, 0) is 25.6 Å². The van der Waals surface area contributed by atoms with Crippen LogP contribution in [0.4, 0.5) is 0 Å². The lowest BCUT2D eigenvalue weighted by Gasteiger charge is -2.26. The van der Waals surface area contributed by atoms with Gasteiger partial charge >= 0.3 is 5.97 Å². The molecule has 0 aliphatic carbocycles. The summed E-state index contributed by atoms with van der Waals surface area (Å²) >= 11 is 0. The summed E-state index contributed by atoms with van der Waals surface area (Å²) in [4.78, 5) is 11.7. The van der Waals surface area contributed by atoms with E-state index >= 15 is 0 Å². The van der Waals surface area contributed by atoms with E-state index in [0.29, 0.717) is 45.4 Å². The van der Waals surface area contributed by atoms with Crippen molar-refractivity contribution >= 4 is 5.97 Å². The predicted octanol–water partition coefficient (Wildman–Crippen LogP) is 3.71. The number of carbonyl (C=O) groups excluding carboxylic acids is 1. The zero-order chi connectivity index (χ0) is 19.3. The Morgan fingerprint density at radius 1 is 1.15 bits per heavy atom. The standard InChI is InChI=1S/C21H35NO4/c1-5-18(2)24-15-12-21(3,4)26-16-14-22-13-11-20(23)25-17-19-9-7-6-8-10-19/h6-10,18,22H,5,11-17H2,1-4H3. The summed E-state index contributed by atoms with van der Waals surface area (Å²) in [7, 11) is 0. The van der Waals surface area contributed by atoms with E-state index in [4.69, 9.17) is 14.2 Å². The lowest BCUT2D eigenvalue weighted by atomic mass is 10.1. The van der Waals surface area contributed by atoms with E-state index in [2.05, 4.69) is 33.0 Å². The molecule has 0 radical (unpaired) electrons. The molecule has 0 aliphatic rings. The molecule has 1 aromatic carbocycles. The molecule has 26 heavy (non-hydrogen) atoms. The largest absolute Gasteiger partial charge is 0.461 e. The average molecular weight is 366 g/mol. The quantitative estimate of drug-likeness (QED) is 0.402. The van der Waals surface area contributed by atoms with Crippen molar-refractivity contribution in [3.8, 4) is 0 Å². The van der Waals surface area contributed by atoms with E-state index in [1.54, 1.807) is 0 Å². The van der Waals surface area contributed by atoms with E-state index in [1.807, 2.05) is 30.3 Å². The second-order valence-electron chi connectivity index (χ2n) is 7.09. The second-order valence-corrected chi connectivity index (χ2v) is 7.09. The zero-order valence-electron chi connectivity index (χ0n) is 16.8. The van der Waals surface area contributed by atoms with E-state index in [1.165, 1.54) is 0 Å². The van der Waals surface area contributed by atoms with Crippen LogP contribution in [0.15, 0.2) is 30.3 Å². The van der Waals surface area contributed by atoms with Gasteiger partial charge in [0.05, 0.1) is 24.7 Å². The highest BCUT2D eigenvalue weighted by Crippen LogP contribution is 2.14. The molecule has 0 aliphatic heterocycles. The first-order chi connectivity index (χ1) is 12.4. The highest BCUT2D eigenvalue weighted by molar-refractivity contribution is 5.69. The minimum Gasteiger partial charge on any atom is -0.461 e. The monoisotopic (exact) mass is 365 g/mol. The number of carbonyl (C=O) groups is 1. The van der Waals surface area contributed by atoms with Crippen molar-refractivity contribution in [1.29, 1.82) is 0 Å². The van der Waals surface area contributed by atoms with Crippen LogP contribution in [0.3, 0.4) is 0 Å². The number of nitrogens with one attached hydrogen (secondary N) is 1. The molecule has 0 aromatic heterocycles. The van der Waals surface area contributed by atoms with Crippen LogP contribution < -0.4 is 5.32 Å². The van der Waals surface area contributed by atoms with E-state index in [0.717, 1.165) is 18.4 Å². The van der Waals surface area contributed by atoms with Gasteiger partial charge in [-0.15, -0.1) is 0 Å². The molecule has 5 heteroatoms. The molecular formula is C21H35NO4. The van der Waals surface area contributed by atoms with Gasteiger partial charge in [0.2, 0.25) is 0 Å². The number of hydrogen-bond acceptors (Lipinski definition) is 5. The number of rotatable bonds is 14. The van der Waals surface area contributed by atoms with Crippen molar-refractivity contribution in [3.05, 3.63) is 35.9 Å². The molecule has 148 valence electrons. The van der Waals surface area contributed by atoms with Gasteiger partial charge in [0.25, 0.3) is 0 Å². The number of benzene rings is 1. The van der Waals surface area contributed by atoms with Gasteiger partial charge in [0.1, 0.15) is 6.61 Å². The maximum Gasteiger partial charge on any atom is 0.307 e. The number of ether oxygens (including phenoxy) is 3. The van der Waals surface area contributed by atoms with Gasteiger partial charge in [-0.05, 0) is 39.2 Å². The lowest BCUT2D eigenvalue weighted by Crippen LogP contribution is -2.31. The third-order valence-corrected chi connectivity index (χ3v) is 4.20. The van der Waals surface area contributed by atoms with Gasteiger partial charge in [-0.3, -0.25) is 4.79 Å². The fourth-order valence-corrected chi connectivity index (χ4v) is 2.22. The molecule has 0 heterocycles. The molecule has 0 bridgehead atoms. The Morgan fingerprint density at radius 2 is 1.88 bits per heavy atom. The van der Waals surface area contributed by atoms with E-state index < -0.39 is 0 Å². The van der Waals surface area contributed by atoms with Gasteiger partial charge in [-0.2, -0.15) is 0 Å². The Hall–Kier alpha value is -1.43. The van der Waals surface area contributed by atoms with Crippen LogP contribution in [0.1, 0.15) is 52.5 Å². The molecular weight excluding hydrogens is 330 g/mol. The molecule has 0 amide bonds. The van der Waals surface area contributed by atoms with Crippen LogP contribution >= 0.6 is 0 Å². The maximum absolute atomic E-state index is 11.7. The van der Waals surface area contributed by atoms with Crippen molar-refractivity contribution in [2.24, 2.45) is 0 Å². The average Bonchev–Trinajstić information content (AvgIpc) is 2.63. The molecule has 5 nitrogen and oxygen atoms in total. The minimum atomic E-state index is -0.205. The summed E-state index contributed by atoms with van der Waals surface area (Å²) < 4.78 is 16.8. The first kappa shape index (κ1) is 22.6. The van der Waals surface area contributed by atoms with Crippen molar-refractivity contribution in [1.82, 2.24) is 5.32 Å². The van der Waals surface area contributed by atoms with Crippen LogP contribution in [-0.4, -0.2) is 44.0 Å². The molecule has 0 saturated heterocycles. The van der Waals surface area contributed by atoms with Crippen LogP contribution in [0.2, 0.25) is 0 Å². The van der Waals surface area contributed by atoms with E-state index in [-0.39, 0.29) is 11.6 Å². The molecule has 0 spiro atoms. The van der Waals surface area contributed by atoms with E-state index in [9.17, 15) is 4.79 Å². The van der Waals surface area contributed by atoms with Crippen LogP contribution in [0, 0.1) is 0 Å². The minimum absolute atomic E-state index is 0.190. The van der Waals surface area contributed by atoms with Gasteiger partial charge in [0, 0.05) is 19.7 Å². The van der Waals surface area contributed by atoms with Crippen molar-refractivity contribution < 1.29 is 19.0 Å². The summed E-state index contributed by atoms with van der Waals surface area (Å²) in [5.41, 5.74) is 0.797. The predicted molar refractivity (Wildman–Crippen MR) is 104 cm³/mol. The van der Waals surface area contributed by atoms with Crippen molar-refractivity contribution in [3.63, 3.8) is 0 Å². The van der Waals surface area contributed by atoms with Crippen molar-refractivity contribution in [2.75, 3.05) is 26.3 Å². The normalized spacial score (nSPS) is 12.8. The van der Waals surface area contributed by atoms with Gasteiger partial charge in [-0.1, -0.05) is 37.3 Å². The topological polar surface area (TPSA) is 56.8 Å². The molecule has 0 fully saturated rings. The summed E-state index contributed by atoms with van der Waals surface area (Å²) in [6, 6.07) is 9.69. The fourth-order valence-electron chi connectivity index (χ4n) is 2.22.